The van der Waals surface area contributed by atoms with E-state index in [1.165, 1.54) is 33.5 Å². The lowest BCUT2D eigenvalue weighted by Crippen LogP contribution is -2.64. The second-order valence-corrected chi connectivity index (χ2v) is 18.2. The average molecular weight is 997 g/mol. The summed E-state index contributed by atoms with van der Waals surface area (Å²) in [5.74, 6) is -1.09. The van der Waals surface area contributed by atoms with E-state index in [-0.39, 0.29) is 40.5 Å². The van der Waals surface area contributed by atoms with Crippen LogP contribution in [0.4, 0.5) is 10.5 Å². The summed E-state index contributed by atoms with van der Waals surface area (Å²) in [6, 6.07) is 7.94. The summed E-state index contributed by atoms with van der Waals surface area (Å²) in [4.78, 5) is 62.4. The van der Waals surface area contributed by atoms with E-state index in [2.05, 4.69) is 26.6 Å². The molecule has 0 spiro atoms. The predicted molar refractivity (Wildman–Crippen MR) is 256 cm³/mol. The molecule has 69 heavy (non-hydrogen) atoms. The van der Waals surface area contributed by atoms with Crippen molar-refractivity contribution in [3.63, 3.8) is 0 Å². The van der Waals surface area contributed by atoms with E-state index in [1.54, 1.807) is 39.0 Å². The van der Waals surface area contributed by atoms with Gasteiger partial charge in [-0.1, -0.05) is 43.0 Å². The van der Waals surface area contributed by atoms with Gasteiger partial charge in [0, 0.05) is 38.2 Å². The van der Waals surface area contributed by atoms with Crippen molar-refractivity contribution in [3.8, 4) is 11.5 Å². The molecule has 0 saturated carbocycles. The van der Waals surface area contributed by atoms with Gasteiger partial charge in [0.15, 0.2) is 6.29 Å². The average Bonchev–Trinajstić information content (AvgIpc) is 3.30. The number of carbonyl (C=O) groups is 5. The monoisotopic (exact) mass is 995 g/mol. The van der Waals surface area contributed by atoms with Gasteiger partial charge in [-0.05, 0) is 102 Å². The van der Waals surface area contributed by atoms with E-state index in [1.807, 2.05) is 6.07 Å². The van der Waals surface area contributed by atoms with Crippen LogP contribution in [-0.4, -0.2) is 140 Å². The number of benzene rings is 2. The lowest BCUT2D eigenvalue weighted by Gasteiger charge is -2.41. The number of halogens is 1. The summed E-state index contributed by atoms with van der Waals surface area (Å²) in [5, 5.41) is 54.9. The molecule has 1 heterocycles. The second-order valence-electron chi connectivity index (χ2n) is 17.8. The third-order valence-corrected chi connectivity index (χ3v) is 11.3. The molecule has 9 N–H and O–H groups in total. The van der Waals surface area contributed by atoms with Gasteiger partial charge in [0.1, 0.15) is 60.3 Å². The van der Waals surface area contributed by atoms with Crippen molar-refractivity contribution in [1.29, 1.82) is 0 Å². The molecule has 0 bridgehead atoms. The predicted octanol–water partition coefficient (Wildman–Crippen LogP) is 4.21. The molecule has 1 aliphatic rings. The van der Waals surface area contributed by atoms with E-state index in [4.69, 9.17) is 40.0 Å². The highest BCUT2D eigenvalue weighted by atomic mass is 35.5. The Morgan fingerprint density at radius 3 is 2.19 bits per heavy atom. The summed E-state index contributed by atoms with van der Waals surface area (Å²) in [7, 11) is 3.92. The van der Waals surface area contributed by atoms with E-state index in [9.17, 15) is 44.4 Å². The summed E-state index contributed by atoms with van der Waals surface area (Å²) >= 11 is 6.52. The Morgan fingerprint density at radius 1 is 0.826 bits per heavy atom. The molecule has 1 unspecified atom stereocenters. The standard InChI is InChI=1S/C48H74ClN5O15/c1-48(2,3)69-47(63)53-34(45(62)65-5)19-13-15-24-51-39(57)21-12-9-14-23-50-38(56)20-10-7-8-11-22-40(58)52-31-18-16-17-30(25-31)29-67-36-27-35(64-4)32(26-33(36)49)44(61)54-41-43(60)42(59)37(28-55)68-46(41)66-6/h16-18,25-27,34,37-38,41-43,46,50,55-56,59-60H,7-15,19-24,28-29H2,1-6H3,(H,51,57)(H,52,58)(H,53,63)(H,54,61)/t34-,37+,38?,41+,42+,43+,46-/m0/s1. The Kier molecular flexibility index (Phi) is 26.1. The Morgan fingerprint density at radius 2 is 1.51 bits per heavy atom. The second kappa shape index (κ2) is 30.7. The normalized spacial score (nSPS) is 18.9. The zero-order valence-electron chi connectivity index (χ0n) is 40.7. The number of esters is 1. The smallest absolute Gasteiger partial charge is 0.408 e. The molecular formula is C48H74ClN5O15. The number of aliphatic hydroxyl groups excluding tert-OH is 4. The topological polar surface area (TPSA) is 282 Å². The van der Waals surface area contributed by atoms with Crippen molar-refractivity contribution in [2.45, 2.75) is 159 Å². The van der Waals surface area contributed by atoms with Crippen molar-refractivity contribution in [3.05, 3.63) is 52.5 Å². The lowest BCUT2D eigenvalue weighted by molar-refractivity contribution is -0.261. The van der Waals surface area contributed by atoms with Gasteiger partial charge in [-0.15, -0.1) is 0 Å². The van der Waals surface area contributed by atoms with Gasteiger partial charge in [0.05, 0.1) is 31.4 Å². The molecule has 1 saturated heterocycles. The number of unbranched alkanes of at least 4 members (excludes halogenated alkanes) is 6. The van der Waals surface area contributed by atoms with Crippen LogP contribution in [-0.2, 0) is 39.9 Å². The van der Waals surface area contributed by atoms with Crippen LogP contribution in [0.25, 0.3) is 0 Å². The summed E-state index contributed by atoms with van der Waals surface area (Å²) in [6.07, 6.45) is 1.89. The third-order valence-electron chi connectivity index (χ3n) is 11.0. The molecule has 1 fully saturated rings. The Bertz CT molecular complexity index is 1920. The molecule has 0 aliphatic carbocycles. The highest BCUT2D eigenvalue weighted by Crippen LogP contribution is 2.34. The SMILES string of the molecule is COC(=O)[C@H](CCCCNC(=O)CCCCCNC(O)CCCCCCC(=O)Nc1cccc(COc2cc(OC)c(C(=O)N[C@H]3[C@@H](OC)O[C@H](CO)[C@@H](O)[C@@H]3O)cc2Cl)c1)NC(=O)OC(C)(C)C. The van der Waals surface area contributed by atoms with Gasteiger partial charge in [-0.2, -0.15) is 0 Å². The number of methoxy groups -OCH3 is 3. The maximum Gasteiger partial charge on any atom is 0.408 e. The van der Waals surface area contributed by atoms with Crippen LogP contribution >= 0.6 is 11.6 Å². The fraction of sp³-hybridized carbons (Fsp3) is 0.646. The van der Waals surface area contributed by atoms with Crippen LogP contribution in [0.3, 0.4) is 0 Å². The molecule has 2 aromatic rings. The molecule has 7 atom stereocenters. The van der Waals surface area contributed by atoms with Gasteiger partial charge in [-0.3, -0.25) is 19.7 Å². The molecule has 4 amide bonds. The first-order valence-corrected chi connectivity index (χ1v) is 23.9. The minimum Gasteiger partial charge on any atom is -0.496 e. The van der Waals surface area contributed by atoms with Crippen LogP contribution in [0.1, 0.15) is 120 Å². The van der Waals surface area contributed by atoms with Gasteiger partial charge < -0.3 is 70.1 Å². The first kappa shape index (κ1) is 58.5. The van der Waals surface area contributed by atoms with Gasteiger partial charge in [-0.25, -0.2) is 9.59 Å². The first-order chi connectivity index (χ1) is 32.9. The Balaban J connectivity index is 1.25. The largest absolute Gasteiger partial charge is 0.496 e. The van der Waals surface area contributed by atoms with Crippen LogP contribution in [0.5, 0.6) is 11.5 Å². The first-order valence-electron chi connectivity index (χ1n) is 23.5. The number of carbonyl (C=O) groups excluding carboxylic acids is 5. The molecule has 2 aromatic carbocycles. The molecule has 21 heteroatoms. The van der Waals surface area contributed by atoms with Crippen LogP contribution in [0, 0.1) is 0 Å². The Hall–Kier alpha value is -4.80. The maximum absolute atomic E-state index is 13.3. The number of aliphatic hydroxyl groups is 4. The van der Waals surface area contributed by atoms with Crippen LogP contribution in [0.15, 0.2) is 36.4 Å². The van der Waals surface area contributed by atoms with E-state index < -0.39 is 73.1 Å². The van der Waals surface area contributed by atoms with Crippen molar-refractivity contribution >= 4 is 47.1 Å². The summed E-state index contributed by atoms with van der Waals surface area (Å²) < 4.78 is 32.1. The number of rotatable bonds is 30. The Labute approximate surface area is 409 Å². The quantitative estimate of drug-likeness (QED) is 0.0301. The lowest BCUT2D eigenvalue weighted by atomic mass is 9.96. The third kappa shape index (κ3) is 21.4. The zero-order valence-corrected chi connectivity index (χ0v) is 41.4. The molecule has 0 radical (unpaired) electrons. The van der Waals surface area contributed by atoms with Gasteiger partial charge in [0.2, 0.25) is 11.8 Å². The number of ether oxygens (including phenoxy) is 6. The summed E-state index contributed by atoms with van der Waals surface area (Å²) in [6.45, 7) is 5.80. The number of alkyl carbamates (subject to hydrolysis) is 1. The zero-order chi connectivity index (χ0) is 50.9. The molecular weight excluding hydrogens is 922 g/mol. The van der Waals surface area contributed by atoms with Gasteiger partial charge in [0.25, 0.3) is 5.91 Å². The minimum atomic E-state index is -1.51. The minimum absolute atomic E-state index is 0.0182. The van der Waals surface area contributed by atoms with Crippen molar-refractivity contribution < 1.29 is 72.8 Å². The van der Waals surface area contributed by atoms with Crippen molar-refractivity contribution in [1.82, 2.24) is 21.3 Å². The highest BCUT2D eigenvalue weighted by Gasteiger charge is 2.45. The fourth-order valence-electron chi connectivity index (χ4n) is 7.35. The molecule has 20 nitrogen and oxygen atoms in total. The van der Waals surface area contributed by atoms with Crippen LogP contribution in [0.2, 0.25) is 5.02 Å². The van der Waals surface area contributed by atoms with Crippen LogP contribution < -0.4 is 36.1 Å². The summed E-state index contributed by atoms with van der Waals surface area (Å²) in [5.41, 5.74) is 0.659. The van der Waals surface area contributed by atoms with Crippen molar-refractivity contribution in [2.75, 3.05) is 46.3 Å². The number of hydrogen-bond acceptors (Lipinski definition) is 16. The molecule has 3 rings (SSSR count). The maximum atomic E-state index is 13.3. The molecule has 0 aromatic heterocycles. The molecule has 1 aliphatic heterocycles. The van der Waals surface area contributed by atoms with E-state index >= 15 is 0 Å². The highest BCUT2D eigenvalue weighted by molar-refractivity contribution is 6.32. The molecule has 388 valence electrons. The number of anilines is 1. The van der Waals surface area contributed by atoms with E-state index in [0.29, 0.717) is 63.7 Å². The number of hydrogen-bond donors (Lipinski definition) is 9. The number of amides is 4. The number of nitrogens with one attached hydrogen (secondary N) is 5. The van der Waals surface area contributed by atoms with Crippen molar-refractivity contribution in [2.24, 2.45) is 0 Å². The van der Waals surface area contributed by atoms with Gasteiger partial charge >= 0.3 is 12.1 Å². The van der Waals surface area contributed by atoms with E-state index in [0.717, 1.165) is 44.1 Å². The fourth-order valence-corrected chi connectivity index (χ4v) is 7.57.